The summed E-state index contributed by atoms with van der Waals surface area (Å²) in [6.07, 6.45) is 3.96. The Hall–Kier alpha value is -0.910. The van der Waals surface area contributed by atoms with Crippen LogP contribution in [0.15, 0.2) is 30.3 Å². The van der Waals surface area contributed by atoms with Gasteiger partial charge in [-0.1, -0.05) is 30.3 Å². The second kappa shape index (κ2) is 6.46. The van der Waals surface area contributed by atoms with Crippen LogP contribution < -0.4 is 0 Å². The van der Waals surface area contributed by atoms with E-state index in [-0.39, 0.29) is 5.25 Å². The lowest BCUT2D eigenvalue weighted by molar-refractivity contribution is 0.186. The summed E-state index contributed by atoms with van der Waals surface area (Å²) in [5, 5.41) is -0.0675. The lowest BCUT2D eigenvalue weighted by Gasteiger charge is -2.34. The Labute approximate surface area is 127 Å². The molecule has 116 valence electrons. The van der Waals surface area contributed by atoms with Crippen LogP contribution in [-0.2, 0) is 16.4 Å². The topological polar surface area (TPSA) is 40.6 Å². The summed E-state index contributed by atoms with van der Waals surface area (Å²) < 4.78 is 26.0. The van der Waals surface area contributed by atoms with Crippen LogP contribution in [0.3, 0.4) is 0 Å². The summed E-state index contributed by atoms with van der Waals surface area (Å²) >= 11 is 0. The molecule has 2 fully saturated rings. The number of piperazine rings is 1. The smallest absolute Gasteiger partial charge is 0.217 e. The van der Waals surface area contributed by atoms with Crippen LogP contribution in [0.5, 0.6) is 0 Å². The molecule has 3 rings (SSSR count). The Bertz CT molecular complexity index is 547. The molecule has 0 unspecified atom stereocenters. The van der Waals surface area contributed by atoms with Gasteiger partial charge in [0.15, 0.2) is 0 Å². The largest absolute Gasteiger partial charge is 0.301 e. The van der Waals surface area contributed by atoms with Gasteiger partial charge in [-0.25, -0.2) is 8.42 Å². The van der Waals surface area contributed by atoms with E-state index in [4.69, 9.17) is 0 Å². The zero-order chi connectivity index (χ0) is 14.7. The second-order valence-corrected chi connectivity index (χ2v) is 8.29. The molecule has 1 aromatic carbocycles. The van der Waals surface area contributed by atoms with Gasteiger partial charge >= 0.3 is 0 Å². The summed E-state index contributed by atoms with van der Waals surface area (Å²) in [6, 6.07) is 10.5. The van der Waals surface area contributed by atoms with Gasteiger partial charge in [0.1, 0.15) is 0 Å². The molecule has 1 aliphatic heterocycles. The lowest BCUT2D eigenvalue weighted by Crippen LogP contribution is -2.49. The highest BCUT2D eigenvalue weighted by Crippen LogP contribution is 2.31. The Morgan fingerprint density at radius 3 is 2.29 bits per heavy atom. The molecule has 0 spiro atoms. The van der Waals surface area contributed by atoms with Crippen molar-refractivity contribution in [2.45, 2.75) is 30.9 Å². The monoisotopic (exact) mass is 308 g/mol. The van der Waals surface area contributed by atoms with E-state index in [9.17, 15) is 8.42 Å². The van der Waals surface area contributed by atoms with Crippen LogP contribution in [0.4, 0.5) is 0 Å². The first-order chi connectivity index (χ1) is 10.2. The van der Waals surface area contributed by atoms with Gasteiger partial charge in [-0.15, -0.1) is 0 Å². The maximum absolute atomic E-state index is 12.2. The zero-order valence-corrected chi connectivity index (χ0v) is 13.3. The molecule has 1 saturated heterocycles. The molecule has 0 aromatic heterocycles. The second-order valence-electron chi connectivity index (χ2n) is 6.07. The van der Waals surface area contributed by atoms with E-state index in [1.807, 2.05) is 6.07 Å². The summed E-state index contributed by atoms with van der Waals surface area (Å²) in [6.45, 7) is 4.15. The minimum absolute atomic E-state index is 0.0675. The van der Waals surface area contributed by atoms with Crippen LogP contribution in [0.2, 0.25) is 0 Å². The maximum atomic E-state index is 12.2. The number of nitrogens with zero attached hydrogens (tertiary/aromatic N) is 2. The zero-order valence-electron chi connectivity index (χ0n) is 12.4. The van der Waals surface area contributed by atoms with Crippen molar-refractivity contribution in [3.05, 3.63) is 35.9 Å². The molecule has 1 saturated carbocycles. The fraction of sp³-hybridized carbons (Fsp3) is 0.625. The summed E-state index contributed by atoms with van der Waals surface area (Å²) in [5.41, 5.74) is 1.38. The van der Waals surface area contributed by atoms with Crippen LogP contribution in [-0.4, -0.2) is 55.6 Å². The predicted octanol–water partition coefficient (Wildman–Crippen LogP) is 1.73. The van der Waals surface area contributed by atoms with Crippen molar-refractivity contribution in [3.63, 3.8) is 0 Å². The maximum Gasteiger partial charge on any atom is 0.217 e. The van der Waals surface area contributed by atoms with E-state index in [1.54, 1.807) is 4.31 Å². The Kier molecular flexibility index (Phi) is 4.62. The van der Waals surface area contributed by atoms with E-state index < -0.39 is 10.0 Å². The van der Waals surface area contributed by atoms with Gasteiger partial charge < -0.3 is 4.90 Å². The fourth-order valence-electron chi connectivity index (χ4n) is 2.94. The Balaban J connectivity index is 1.40. The van der Waals surface area contributed by atoms with Crippen molar-refractivity contribution in [2.24, 2.45) is 0 Å². The molecule has 0 bridgehead atoms. The molecule has 2 aliphatic rings. The number of hydrogen-bond acceptors (Lipinski definition) is 3. The molecular weight excluding hydrogens is 284 g/mol. The Morgan fingerprint density at radius 1 is 1.00 bits per heavy atom. The number of aryl methyl sites for hydroxylation is 1. The molecule has 1 heterocycles. The molecule has 0 atom stereocenters. The van der Waals surface area contributed by atoms with Crippen LogP contribution in [0, 0.1) is 0 Å². The van der Waals surface area contributed by atoms with Crippen molar-refractivity contribution < 1.29 is 8.42 Å². The molecule has 1 aliphatic carbocycles. The first kappa shape index (κ1) is 15.0. The number of benzene rings is 1. The predicted molar refractivity (Wildman–Crippen MR) is 84.7 cm³/mol. The van der Waals surface area contributed by atoms with Crippen molar-refractivity contribution in [1.29, 1.82) is 0 Å². The minimum Gasteiger partial charge on any atom is -0.301 e. The van der Waals surface area contributed by atoms with Crippen molar-refractivity contribution >= 4 is 10.0 Å². The third-order valence-corrected chi connectivity index (χ3v) is 6.82. The summed E-state index contributed by atoms with van der Waals surface area (Å²) in [5.74, 6) is 0. The third kappa shape index (κ3) is 3.84. The number of rotatable bonds is 6. The van der Waals surface area contributed by atoms with Gasteiger partial charge in [0.2, 0.25) is 10.0 Å². The highest BCUT2D eigenvalue weighted by Gasteiger charge is 2.40. The average Bonchev–Trinajstić information content (AvgIpc) is 3.34. The van der Waals surface area contributed by atoms with E-state index >= 15 is 0 Å². The molecule has 0 N–H and O–H groups in total. The third-order valence-electron chi connectivity index (χ3n) is 4.42. The van der Waals surface area contributed by atoms with Crippen LogP contribution in [0.25, 0.3) is 0 Å². The van der Waals surface area contributed by atoms with Gasteiger partial charge in [-0.05, 0) is 37.8 Å². The normalized spacial score (nSPS) is 21.5. The van der Waals surface area contributed by atoms with E-state index in [0.29, 0.717) is 13.1 Å². The average molecular weight is 308 g/mol. The SMILES string of the molecule is O=S(=O)(C1CC1)N1CCN(CCCc2ccccc2)CC1. The number of hydrogen-bond donors (Lipinski definition) is 0. The molecule has 0 amide bonds. The molecule has 5 heteroatoms. The van der Waals surface area contributed by atoms with Crippen LogP contribution >= 0.6 is 0 Å². The summed E-state index contributed by atoms with van der Waals surface area (Å²) in [4.78, 5) is 2.39. The van der Waals surface area contributed by atoms with Gasteiger partial charge in [0.05, 0.1) is 5.25 Å². The molecule has 0 radical (unpaired) electrons. The van der Waals surface area contributed by atoms with Crippen molar-refractivity contribution in [2.75, 3.05) is 32.7 Å². The molecule has 1 aromatic rings. The lowest BCUT2D eigenvalue weighted by atomic mass is 10.1. The van der Waals surface area contributed by atoms with Gasteiger partial charge in [0, 0.05) is 26.2 Å². The van der Waals surface area contributed by atoms with Crippen LogP contribution in [0.1, 0.15) is 24.8 Å². The first-order valence-electron chi connectivity index (χ1n) is 7.91. The van der Waals surface area contributed by atoms with Crippen molar-refractivity contribution in [1.82, 2.24) is 9.21 Å². The minimum atomic E-state index is -2.97. The fourth-order valence-corrected chi connectivity index (χ4v) is 4.76. The highest BCUT2D eigenvalue weighted by molar-refractivity contribution is 7.90. The highest BCUT2D eigenvalue weighted by atomic mass is 32.2. The molecule has 4 nitrogen and oxygen atoms in total. The standard InChI is InChI=1S/C16H24N2O2S/c19-21(20,16-8-9-16)18-13-11-17(12-14-18)10-4-7-15-5-2-1-3-6-15/h1-3,5-6,16H,4,7-14H2. The summed E-state index contributed by atoms with van der Waals surface area (Å²) in [7, 11) is -2.97. The Morgan fingerprint density at radius 2 is 1.67 bits per heavy atom. The van der Waals surface area contributed by atoms with Gasteiger partial charge in [0.25, 0.3) is 0 Å². The van der Waals surface area contributed by atoms with Gasteiger partial charge in [-0.3, -0.25) is 0 Å². The molecule has 21 heavy (non-hydrogen) atoms. The van der Waals surface area contributed by atoms with E-state index in [1.165, 1.54) is 5.56 Å². The quantitative estimate of drug-likeness (QED) is 0.803. The van der Waals surface area contributed by atoms with E-state index in [0.717, 1.165) is 45.3 Å². The molecular formula is C16H24N2O2S. The van der Waals surface area contributed by atoms with Crippen molar-refractivity contribution in [3.8, 4) is 0 Å². The number of sulfonamides is 1. The van der Waals surface area contributed by atoms with Gasteiger partial charge in [-0.2, -0.15) is 4.31 Å². The first-order valence-corrected chi connectivity index (χ1v) is 9.42. The van der Waals surface area contributed by atoms with E-state index in [2.05, 4.69) is 29.2 Å².